The van der Waals surface area contributed by atoms with Crippen molar-refractivity contribution in [3.8, 4) is 11.3 Å². The lowest BCUT2D eigenvalue weighted by molar-refractivity contribution is -0.192. The Bertz CT molecular complexity index is 1380. The summed E-state index contributed by atoms with van der Waals surface area (Å²) in [5.74, 6) is -1.92. The summed E-state index contributed by atoms with van der Waals surface area (Å²) in [5.41, 5.74) is 2.83. The van der Waals surface area contributed by atoms with Crippen molar-refractivity contribution in [2.24, 2.45) is 0 Å². The molecule has 0 unspecified atom stereocenters. The summed E-state index contributed by atoms with van der Waals surface area (Å²) in [5, 5.41) is 15.7. The highest BCUT2D eigenvalue weighted by atomic mass is 19.4. The van der Waals surface area contributed by atoms with Gasteiger partial charge in [-0.1, -0.05) is 61.4 Å². The number of amides is 1. The standard InChI is InChI=1S/C26H29N5O2.C2HF3O2/c1-19(32)10-4-2-7-15-23(26-27-16-24(29-26)20-11-5-3-6-12-20)28-25(33)18-31-17-21-13-8-9-14-22(21)30-31;3-2(4,5)1(6)7/h3,5-6,8-9,11-14,16-17,23H,2,4,7,10,15,18H2,1H3,(H,27,29)(H,28,33);(H,6,7)/t23-;/m0./s1. The average Bonchev–Trinajstić information content (AvgIpc) is 3.55. The zero-order chi connectivity index (χ0) is 29.1. The van der Waals surface area contributed by atoms with Crippen LogP contribution < -0.4 is 5.32 Å². The summed E-state index contributed by atoms with van der Waals surface area (Å²) >= 11 is 0. The number of nitrogens with zero attached hydrogens (tertiary/aromatic N) is 3. The van der Waals surface area contributed by atoms with Crippen molar-refractivity contribution in [1.82, 2.24) is 25.1 Å². The number of carbonyl (C=O) groups is 3. The predicted octanol–water partition coefficient (Wildman–Crippen LogP) is 5.46. The minimum atomic E-state index is -5.08. The molecule has 0 radical (unpaired) electrons. The third-order valence-corrected chi connectivity index (χ3v) is 5.88. The normalized spacial score (nSPS) is 11.9. The molecule has 2 heterocycles. The maximum atomic E-state index is 12.9. The quantitative estimate of drug-likeness (QED) is 0.210. The SMILES string of the molecule is CC(=O)CCCCC[C@H](NC(=O)Cn1cc2ccccc2n1)c1ncc(-c2ccccc2)[nH]1.O=C(O)C(F)(F)F. The molecule has 0 aliphatic heterocycles. The van der Waals surface area contributed by atoms with Gasteiger partial charge in [-0.3, -0.25) is 9.48 Å². The number of aromatic nitrogens is 4. The number of alkyl halides is 3. The minimum Gasteiger partial charge on any atom is -0.475 e. The first-order chi connectivity index (χ1) is 19.0. The number of aliphatic carboxylic acids is 1. The van der Waals surface area contributed by atoms with E-state index < -0.39 is 12.1 Å². The molecule has 4 aromatic rings. The fourth-order valence-corrected chi connectivity index (χ4v) is 3.94. The number of carboxylic acid groups (broad SMARTS) is 1. The van der Waals surface area contributed by atoms with E-state index in [0.717, 1.165) is 53.7 Å². The number of fused-ring (bicyclic) bond motifs is 1. The molecule has 0 fully saturated rings. The molecule has 2 aromatic carbocycles. The lowest BCUT2D eigenvalue weighted by atomic mass is 10.1. The van der Waals surface area contributed by atoms with Gasteiger partial charge >= 0.3 is 12.1 Å². The third kappa shape index (κ3) is 9.37. The number of aromatic amines is 1. The number of unbranched alkanes of at least 4 members (excludes halogenated alkanes) is 2. The Hall–Kier alpha value is -4.48. The maximum absolute atomic E-state index is 12.9. The predicted molar refractivity (Wildman–Crippen MR) is 142 cm³/mol. The summed E-state index contributed by atoms with van der Waals surface area (Å²) in [7, 11) is 0. The molecule has 9 nitrogen and oxygen atoms in total. The molecule has 12 heteroatoms. The molecule has 0 bridgehead atoms. The molecule has 0 spiro atoms. The summed E-state index contributed by atoms with van der Waals surface area (Å²) in [6.07, 6.45) is 2.64. The number of rotatable bonds is 11. The van der Waals surface area contributed by atoms with E-state index in [2.05, 4.69) is 20.4 Å². The van der Waals surface area contributed by atoms with Gasteiger partial charge in [0.15, 0.2) is 0 Å². The number of hydrogen-bond acceptors (Lipinski definition) is 5. The number of halogens is 3. The Labute approximate surface area is 228 Å². The van der Waals surface area contributed by atoms with Crippen molar-refractivity contribution >= 4 is 28.6 Å². The minimum absolute atomic E-state index is 0.116. The summed E-state index contributed by atoms with van der Waals surface area (Å²) in [6.45, 7) is 1.76. The van der Waals surface area contributed by atoms with Gasteiger partial charge in [0, 0.05) is 18.0 Å². The van der Waals surface area contributed by atoms with Crippen LogP contribution in [0, 0.1) is 0 Å². The Morgan fingerprint density at radius 3 is 2.35 bits per heavy atom. The fraction of sp³-hybridized carbons (Fsp3) is 0.321. The van der Waals surface area contributed by atoms with Gasteiger partial charge in [0.25, 0.3) is 0 Å². The number of hydrogen-bond donors (Lipinski definition) is 3. The number of Topliss-reactive ketones (excluding diaryl/α,β-unsaturated/α-hetero) is 1. The van der Waals surface area contributed by atoms with Crippen LogP contribution in [-0.2, 0) is 20.9 Å². The van der Waals surface area contributed by atoms with E-state index in [9.17, 15) is 22.8 Å². The summed E-state index contributed by atoms with van der Waals surface area (Å²) in [6, 6.07) is 17.6. The molecule has 2 aromatic heterocycles. The monoisotopic (exact) mass is 557 g/mol. The van der Waals surface area contributed by atoms with Crippen LogP contribution in [0.15, 0.2) is 67.0 Å². The smallest absolute Gasteiger partial charge is 0.475 e. The number of ketones is 1. The highest BCUT2D eigenvalue weighted by molar-refractivity contribution is 5.80. The molecule has 0 aliphatic rings. The van der Waals surface area contributed by atoms with E-state index >= 15 is 0 Å². The molecule has 4 rings (SSSR count). The molecular formula is C28H30F3N5O4. The molecule has 0 aliphatic carbocycles. The van der Waals surface area contributed by atoms with Crippen molar-refractivity contribution in [3.05, 3.63) is 72.8 Å². The van der Waals surface area contributed by atoms with E-state index in [4.69, 9.17) is 9.90 Å². The van der Waals surface area contributed by atoms with Gasteiger partial charge in [0.1, 0.15) is 18.2 Å². The van der Waals surface area contributed by atoms with Crippen LogP contribution in [0.5, 0.6) is 0 Å². The Kier molecular flexibility index (Phi) is 10.6. The third-order valence-electron chi connectivity index (χ3n) is 5.88. The van der Waals surface area contributed by atoms with Crippen molar-refractivity contribution < 1.29 is 32.7 Å². The molecule has 0 saturated heterocycles. The van der Waals surface area contributed by atoms with Crippen molar-refractivity contribution in [1.29, 1.82) is 0 Å². The zero-order valence-corrected chi connectivity index (χ0v) is 21.8. The number of carboxylic acids is 1. The van der Waals surface area contributed by atoms with Crippen LogP contribution in [0.4, 0.5) is 13.2 Å². The van der Waals surface area contributed by atoms with Crippen LogP contribution in [0.3, 0.4) is 0 Å². The number of carbonyl (C=O) groups excluding carboxylic acids is 2. The van der Waals surface area contributed by atoms with Gasteiger partial charge in [-0.2, -0.15) is 18.3 Å². The van der Waals surface area contributed by atoms with Gasteiger partial charge in [-0.15, -0.1) is 0 Å². The van der Waals surface area contributed by atoms with Crippen LogP contribution in [0.25, 0.3) is 22.2 Å². The highest BCUT2D eigenvalue weighted by Crippen LogP contribution is 2.23. The zero-order valence-electron chi connectivity index (χ0n) is 21.8. The second-order valence-corrected chi connectivity index (χ2v) is 9.16. The average molecular weight is 558 g/mol. The molecule has 0 saturated carbocycles. The largest absolute Gasteiger partial charge is 0.490 e. The lowest BCUT2D eigenvalue weighted by Gasteiger charge is -2.17. The first-order valence-corrected chi connectivity index (χ1v) is 12.6. The second-order valence-electron chi connectivity index (χ2n) is 9.16. The van der Waals surface area contributed by atoms with E-state index in [1.807, 2.05) is 60.8 Å². The lowest BCUT2D eigenvalue weighted by Crippen LogP contribution is -2.32. The van der Waals surface area contributed by atoms with Gasteiger partial charge in [0.2, 0.25) is 5.91 Å². The molecule has 3 N–H and O–H groups in total. The van der Waals surface area contributed by atoms with E-state index in [-0.39, 0.29) is 24.3 Å². The maximum Gasteiger partial charge on any atom is 0.490 e. The van der Waals surface area contributed by atoms with Crippen molar-refractivity contribution in [2.45, 2.75) is 57.8 Å². The van der Waals surface area contributed by atoms with Crippen LogP contribution in [0.1, 0.15) is 50.9 Å². The van der Waals surface area contributed by atoms with Crippen LogP contribution in [-0.4, -0.2) is 48.7 Å². The molecule has 212 valence electrons. The van der Waals surface area contributed by atoms with E-state index in [1.54, 1.807) is 17.8 Å². The number of nitrogens with one attached hydrogen (secondary N) is 2. The van der Waals surface area contributed by atoms with E-state index in [1.165, 1.54) is 0 Å². The summed E-state index contributed by atoms with van der Waals surface area (Å²) in [4.78, 5) is 40.9. The topological polar surface area (TPSA) is 130 Å². The Morgan fingerprint density at radius 2 is 1.70 bits per heavy atom. The molecule has 40 heavy (non-hydrogen) atoms. The first-order valence-electron chi connectivity index (χ1n) is 12.6. The van der Waals surface area contributed by atoms with E-state index in [0.29, 0.717) is 6.42 Å². The second kappa shape index (κ2) is 14.1. The molecule has 1 atom stereocenters. The van der Waals surface area contributed by atoms with Gasteiger partial charge < -0.3 is 20.2 Å². The fourth-order valence-electron chi connectivity index (χ4n) is 3.94. The molecule has 1 amide bonds. The first kappa shape index (κ1) is 30.1. The summed E-state index contributed by atoms with van der Waals surface area (Å²) < 4.78 is 33.4. The van der Waals surface area contributed by atoms with Gasteiger partial charge in [-0.05, 0) is 31.4 Å². The van der Waals surface area contributed by atoms with Crippen molar-refractivity contribution in [2.75, 3.05) is 0 Å². The Balaban J connectivity index is 0.000000559. The Morgan fingerprint density at radius 1 is 1.02 bits per heavy atom. The highest BCUT2D eigenvalue weighted by Gasteiger charge is 2.38. The number of benzene rings is 2. The van der Waals surface area contributed by atoms with Gasteiger partial charge in [0.05, 0.1) is 23.4 Å². The van der Waals surface area contributed by atoms with Crippen LogP contribution >= 0.6 is 0 Å². The number of H-pyrrole nitrogens is 1. The number of imidazole rings is 1. The van der Waals surface area contributed by atoms with Crippen molar-refractivity contribution in [3.63, 3.8) is 0 Å². The van der Waals surface area contributed by atoms with Gasteiger partial charge in [-0.25, -0.2) is 9.78 Å². The van der Waals surface area contributed by atoms with Crippen LogP contribution in [0.2, 0.25) is 0 Å². The molecular weight excluding hydrogens is 527 g/mol.